The molecule has 4 atom stereocenters. The minimum absolute atomic E-state index is 0.150. The molecule has 1 aromatic rings. The van der Waals surface area contributed by atoms with E-state index >= 15 is 0 Å². The molecule has 0 spiro atoms. The van der Waals surface area contributed by atoms with Crippen molar-refractivity contribution in [3.05, 3.63) is 35.6 Å². The quantitative estimate of drug-likeness (QED) is 0.640. The molecule has 0 bridgehead atoms. The largest absolute Gasteiger partial charge is 0.378 e. The normalized spacial score (nSPS) is 29.6. The molecule has 4 heterocycles. The molecular weight excluding hydrogens is 433 g/mol. The summed E-state index contributed by atoms with van der Waals surface area (Å²) in [4.78, 5) is 33.1. The van der Waals surface area contributed by atoms with E-state index < -0.39 is 0 Å². The average molecular weight is 472 g/mol. The first-order chi connectivity index (χ1) is 16.6. The van der Waals surface area contributed by atoms with Crippen molar-refractivity contribution in [2.45, 2.75) is 63.5 Å². The fourth-order valence-electron chi connectivity index (χ4n) is 6.96. The maximum Gasteiger partial charge on any atom is 0.227 e. The molecule has 186 valence electrons. The Bertz CT molecular complexity index is 855. The van der Waals surface area contributed by atoms with E-state index in [0.29, 0.717) is 57.0 Å². The van der Waals surface area contributed by atoms with Crippen molar-refractivity contribution in [3.63, 3.8) is 0 Å². The molecule has 0 unspecified atom stereocenters. The first-order valence-corrected chi connectivity index (χ1v) is 13.2. The van der Waals surface area contributed by atoms with Crippen molar-refractivity contribution in [2.75, 3.05) is 45.9 Å². The number of morpholine rings is 1. The number of carbonyl (C=O) groups is 2. The highest BCUT2D eigenvalue weighted by Crippen LogP contribution is 2.43. The van der Waals surface area contributed by atoms with Crippen LogP contribution >= 0.6 is 0 Å². The van der Waals surface area contributed by atoms with Crippen LogP contribution in [0, 0.1) is 17.7 Å². The topological polar surface area (TPSA) is 53.1 Å². The molecule has 0 aliphatic carbocycles. The lowest BCUT2D eigenvalue weighted by Gasteiger charge is -2.57. The lowest BCUT2D eigenvalue weighted by molar-refractivity contribution is -0.145. The Morgan fingerprint density at radius 3 is 2.47 bits per heavy atom. The van der Waals surface area contributed by atoms with Crippen LogP contribution in [0.25, 0.3) is 0 Å². The zero-order chi connectivity index (χ0) is 23.5. The van der Waals surface area contributed by atoms with Gasteiger partial charge in [-0.25, -0.2) is 4.39 Å². The number of likely N-dealkylation sites (tertiary alicyclic amines) is 1. The van der Waals surface area contributed by atoms with E-state index in [4.69, 9.17) is 4.74 Å². The van der Waals surface area contributed by atoms with Crippen molar-refractivity contribution in [3.8, 4) is 0 Å². The number of piperidine rings is 3. The second-order valence-corrected chi connectivity index (χ2v) is 10.5. The Morgan fingerprint density at radius 2 is 1.71 bits per heavy atom. The molecule has 4 fully saturated rings. The van der Waals surface area contributed by atoms with Crippen molar-refractivity contribution >= 4 is 11.8 Å². The van der Waals surface area contributed by atoms with Gasteiger partial charge >= 0.3 is 0 Å². The van der Waals surface area contributed by atoms with Crippen LogP contribution in [-0.4, -0.2) is 84.5 Å². The van der Waals surface area contributed by atoms with Crippen LogP contribution in [0.5, 0.6) is 0 Å². The molecule has 6 nitrogen and oxygen atoms in total. The fraction of sp³-hybridized carbons (Fsp3) is 0.704. The molecule has 0 saturated carbocycles. The van der Waals surface area contributed by atoms with Gasteiger partial charge in [0, 0.05) is 38.1 Å². The monoisotopic (exact) mass is 471 g/mol. The van der Waals surface area contributed by atoms with E-state index in [1.54, 1.807) is 12.1 Å². The van der Waals surface area contributed by atoms with Gasteiger partial charge in [-0.05, 0) is 81.1 Å². The van der Waals surface area contributed by atoms with Crippen molar-refractivity contribution < 1.29 is 18.7 Å². The van der Waals surface area contributed by atoms with Crippen LogP contribution in [0.15, 0.2) is 24.3 Å². The van der Waals surface area contributed by atoms with Gasteiger partial charge in [-0.2, -0.15) is 0 Å². The number of hydrogen-bond donors (Lipinski definition) is 0. The Balaban J connectivity index is 1.29. The van der Waals surface area contributed by atoms with Crippen molar-refractivity contribution in [1.82, 2.24) is 14.7 Å². The Morgan fingerprint density at radius 1 is 0.971 bits per heavy atom. The van der Waals surface area contributed by atoms with E-state index in [9.17, 15) is 14.0 Å². The minimum atomic E-state index is -0.274. The highest BCUT2D eigenvalue weighted by atomic mass is 19.1. The van der Waals surface area contributed by atoms with Gasteiger partial charge in [-0.15, -0.1) is 0 Å². The van der Waals surface area contributed by atoms with E-state index in [1.165, 1.54) is 50.9 Å². The van der Waals surface area contributed by atoms with Gasteiger partial charge in [0.2, 0.25) is 11.8 Å². The second-order valence-electron chi connectivity index (χ2n) is 10.5. The smallest absolute Gasteiger partial charge is 0.227 e. The molecular formula is C27H38FN3O3. The van der Waals surface area contributed by atoms with E-state index in [0.717, 1.165) is 24.9 Å². The Kier molecular flexibility index (Phi) is 7.49. The van der Waals surface area contributed by atoms with Crippen molar-refractivity contribution in [1.29, 1.82) is 0 Å². The molecule has 7 heteroatoms. The number of nitrogens with zero attached hydrogens (tertiary/aromatic N) is 3. The van der Waals surface area contributed by atoms with Crippen LogP contribution in [0.1, 0.15) is 50.5 Å². The molecule has 5 rings (SSSR count). The van der Waals surface area contributed by atoms with Crippen molar-refractivity contribution in [2.24, 2.45) is 11.8 Å². The molecule has 4 aliphatic rings. The fourth-order valence-corrected chi connectivity index (χ4v) is 6.96. The molecule has 4 saturated heterocycles. The molecule has 34 heavy (non-hydrogen) atoms. The third-order valence-electron chi connectivity index (χ3n) is 8.52. The van der Waals surface area contributed by atoms with Gasteiger partial charge in [-0.1, -0.05) is 12.1 Å². The van der Waals surface area contributed by atoms with Gasteiger partial charge in [0.1, 0.15) is 5.82 Å². The van der Waals surface area contributed by atoms with Crippen LogP contribution in [0.3, 0.4) is 0 Å². The summed E-state index contributed by atoms with van der Waals surface area (Å²) in [6.45, 7) is 5.81. The van der Waals surface area contributed by atoms with Crippen LogP contribution < -0.4 is 0 Å². The van der Waals surface area contributed by atoms with Gasteiger partial charge < -0.3 is 14.5 Å². The Hall–Kier alpha value is -1.99. The van der Waals surface area contributed by atoms with E-state index in [-0.39, 0.29) is 23.7 Å². The predicted molar refractivity (Wildman–Crippen MR) is 128 cm³/mol. The summed E-state index contributed by atoms with van der Waals surface area (Å²) in [5.74, 6) is 1.12. The highest BCUT2D eigenvalue weighted by molar-refractivity contribution is 5.79. The predicted octanol–water partition coefficient (Wildman–Crippen LogP) is 3.10. The van der Waals surface area contributed by atoms with Crippen LogP contribution in [-0.2, 0) is 20.7 Å². The van der Waals surface area contributed by atoms with Crippen LogP contribution in [0.2, 0.25) is 0 Å². The molecule has 0 radical (unpaired) electrons. The molecule has 2 amide bonds. The van der Waals surface area contributed by atoms with Gasteiger partial charge in [-0.3, -0.25) is 14.5 Å². The van der Waals surface area contributed by atoms with Gasteiger partial charge in [0.25, 0.3) is 0 Å². The molecule has 0 N–H and O–H groups in total. The van der Waals surface area contributed by atoms with E-state index in [2.05, 4.69) is 9.80 Å². The van der Waals surface area contributed by atoms with Gasteiger partial charge in [0.05, 0.1) is 19.6 Å². The first-order valence-electron chi connectivity index (χ1n) is 13.2. The molecule has 1 aromatic carbocycles. The summed E-state index contributed by atoms with van der Waals surface area (Å²) in [7, 11) is 0. The zero-order valence-electron chi connectivity index (χ0n) is 20.2. The number of carbonyl (C=O) groups excluding carboxylic acids is 2. The van der Waals surface area contributed by atoms with E-state index in [1.807, 2.05) is 4.90 Å². The third kappa shape index (κ3) is 5.15. The summed E-state index contributed by atoms with van der Waals surface area (Å²) in [6, 6.07) is 7.08. The maximum atomic E-state index is 13.6. The standard InChI is InChI=1S/C27H38FN3O3/c28-22-10-8-20(9-11-22)18-26(33)31-19-21-4-2-12-30-13-3-5-23(27(21)30)24(31)6-1-7-25(32)29-14-16-34-17-15-29/h8-11,21,23-24,27H,1-7,12-19H2/t21-,23+,24+,27-/m0/s1. The molecule has 0 aromatic heterocycles. The summed E-state index contributed by atoms with van der Waals surface area (Å²) in [5, 5.41) is 0. The summed E-state index contributed by atoms with van der Waals surface area (Å²) >= 11 is 0. The molecule has 4 aliphatic heterocycles. The number of ether oxygens (including phenoxy) is 1. The lowest BCUT2D eigenvalue weighted by atomic mass is 9.69. The number of hydrogen-bond acceptors (Lipinski definition) is 4. The SMILES string of the molecule is O=C(CCC[C@@H]1[C@H]2CCCN3CCC[C@@H](CN1C(=O)Cc1ccc(F)cc1)[C@@H]23)N1CCOCC1. The number of amides is 2. The van der Waals surface area contributed by atoms with Crippen LogP contribution in [0.4, 0.5) is 4.39 Å². The third-order valence-corrected chi connectivity index (χ3v) is 8.52. The maximum absolute atomic E-state index is 13.6. The number of rotatable bonds is 6. The minimum Gasteiger partial charge on any atom is -0.378 e. The number of halogens is 1. The zero-order valence-corrected chi connectivity index (χ0v) is 20.2. The summed E-state index contributed by atoms with van der Waals surface area (Å²) in [6.07, 6.45) is 7.32. The van der Waals surface area contributed by atoms with Gasteiger partial charge in [0.15, 0.2) is 0 Å². The summed E-state index contributed by atoms with van der Waals surface area (Å²) in [5.41, 5.74) is 0.865. The summed E-state index contributed by atoms with van der Waals surface area (Å²) < 4.78 is 18.7. The average Bonchev–Trinajstić information content (AvgIpc) is 2.87. The lowest BCUT2D eigenvalue weighted by Crippen LogP contribution is -2.65. The first kappa shape index (κ1) is 23.7. The number of benzene rings is 1. The highest BCUT2D eigenvalue weighted by Gasteiger charge is 2.49. The second kappa shape index (κ2) is 10.7. The Labute approximate surface area is 202 Å².